The lowest BCUT2D eigenvalue weighted by Gasteiger charge is -2.23. The number of amides is 1. The first-order valence-electron chi connectivity index (χ1n) is 4.23. The molecule has 4 N–H and O–H groups in total. The Bertz CT molecular complexity index is 162. The molecular formula is C8H17NO4. The third kappa shape index (κ3) is 4.82. The van der Waals surface area contributed by atoms with Crippen molar-refractivity contribution in [2.45, 2.75) is 38.5 Å². The van der Waals surface area contributed by atoms with Gasteiger partial charge in [0.1, 0.15) is 0 Å². The van der Waals surface area contributed by atoms with E-state index in [1.54, 1.807) is 6.92 Å². The van der Waals surface area contributed by atoms with E-state index in [4.69, 9.17) is 5.11 Å². The number of rotatable bonds is 5. The predicted octanol–water partition coefficient (Wildman–Crippen LogP) is -1.38. The molecule has 3 atom stereocenters. The van der Waals surface area contributed by atoms with Crippen LogP contribution in [0.4, 0.5) is 0 Å². The molecule has 1 amide bonds. The van der Waals surface area contributed by atoms with Crippen LogP contribution < -0.4 is 5.32 Å². The van der Waals surface area contributed by atoms with Crippen molar-refractivity contribution in [1.82, 2.24) is 5.32 Å². The van der Waals surface area contributed by atoms with Gasteiger partial charge in [0.05, 0.1) is 18.2 Å². The van der Waals surface area contributed by atoms with Gasteiger partial charge < -0.3 is 20.6 Å². The summed E-state index contributed by atoms with van der Waals surface area (Å²) < 4.78 is 0. The van der Waals surface area contributed by atoms with Crippen molar-refractivity contribution in [3.8, 4) is 0 Å². The number of nitrogens with one attached hydrogen (secondary N) is 1. The highest BCUT2D eigenvalue weighted by atomic mass is 16.3. The van der Waals surface area contributed by atoms with Crippen LogP contribution in [0.3, 0.4) is 0 Å². The summed E-state index contributed by atoms with van der Waals surface area (Å²) >= 11 is 0. The van der Waals surface area contributed by atoms with Crippen molar-refractivity contribution in [2.75, 3.05) is 6.61 Å². The Labute approximate surface area is 77.4 Å². The van der Waals surface area contributed by atoms with Crippen LogP contribution in [0.1, 0.15) is 20.3 Å². The van der Waals surface area contributed by atoms with Crippen LogP contribution in [0.2, 0.25) is 0 Å². The van der Waals surface area contributed by atoms with E-state index < -0.39 is 18.2 Å². The van der Waals surface area contributed by atoms with Crippen LogP contribution in [0.25, 0.3) is 0 Å². The molecule has 0 aromatic carbocycles. The molecule has 0 aromatic heterocycles. The Hall–Kier alpha value is -0.650. The van der Waals surface area contributed by atoms with Gasteiger partial charge in [0.2, 0.25) is 5.91 Å². The molecule has 0 heterocycles. The van der Waals surface area contributed by atoms with Crippen LogP contribution in [-0.4, -0.2) is 46.1 Å². The molecule has 0 spiro atoms. The summed E-state index contributed by atoms with van der Waals surface area (Å²) in [7, 11) is 0. The summed E-state index contributed by atoms with van der Waals surface area (Å²) in [6.45, 7) is 2.74. The topological polar surface area (TPSA) is 89.8 Å². The summed E-state index contributed by atoms with van der Waals surface area (Å²) in [5.41, 5.74) is 0. The van der Waals surface area contributed by atoms with Gasteiger partial charge in [0, 0.05) is 13.5 Å². The minimum absolute atomic E-state index is 0.102. The second-order valence-corrected chi connectivity index (χ2v) is 3.06. The molecule has 0 aliphatic heterocycles. The Morgan fingerprint density at radius 2 is 2.00 bits per heavy atom. The molecule has 78 valence electrons. The monoisotopic (exact) mass is 191 g/mol. The van der Waals surface area contributed by atoms with Crippen molar-refractivity contribution in [2.24, 2.45) is 0 Å². The lowest BCUT2D eigenvalue weighted by atomic mass is 10.0. The number of hydrogen-bond acceptors (Lipinski definition) is 4. The summed E-state index contributed by atoms with van der Waals surface area (Å²) in [5.74, 6) is -0.261. The van der Waals surface area contributed by atoms with E-state index in [2.05, 4.69) is 5.32 Å². The lowest BCUT2D eigenvalue weighted by Crippen LogP contribution is -2.46. The molecule has 5 nitrogen and oxygen atoms in total. The average Bonchev–Trinajstić information content (AvgIpc) is 2.02. The maximum atomic E-state index is 10.6. The van der Waals surface area contributed by atoms with Gasteiger partial charge >= 0.3 is 0 Å². The zero-order chi connectivity index (χ0) is 10.4. The summed E-state index contributed by atoms with van der Waals surface area (Å²) in [6.07, 6.45) is -1.95. The Morgan fingerprint density at radius 1 is 1.46 bits per heavy atom. The van der Waals surface area contributed by atoms with Crippen molar-refractivity contribution >= 4 is 5.91 Å². The minimum atomic E-state index is -1.05. The highest BCUT2D eigenvalue weighted by Crippen LogP contribution is 2.03. The van der Waals surface area contributed by atoms with Crippen LogP contribution in [0, 0.1) is 0 Å². The highest BCUT2D eigenvalue weighted by molar-refractivity contribution is 5.73. The number of carbonyl (C=O) groups excluding carboxylic acids is 1. The Morgan fingerprint density at radius 3 is 2.38 bits per heavy atom. The maximum absolute atomic E-state index is 10.6. The van der Waals surface area contributed by atoms with E-state index in [0.29, 0.717) is 0 Å². The van der Waals surface area contributed by atoms with Gasteiger partial charge in [0.25, 0.3) is 0 Å². The lowest BCUT2D eigenvalue weighted by molar-refractivity contribution is -0.121. The van der Waals surface area contributed by atoms with E-state index in [0.717, 1.165) is 0 Å². The Balaban J connectivity index is 3.92. The molecule has 0 bridgehead atoms. The summed E-state index contributed by atoms with van der Waals surface area (Å²) in [5, 5.41) is 29.6. The van der Waals surface area contributed by atoms with E-state index in [1.165, 1.54) is 6.92 Å². The SMILES string of the molecule is CC(=O)N[C@@H](C)[C@@H](O)[C@H](O)CCO. The van der Waals surface area contributed by atoms with E-state index in [9.17, 15) is 15.0 Å². The van der Waals surface area contributed by atoms with Crippen molar-refractivity contribution in [1.29, 1.82) is 0 Å². The van der Waals surface area contributed by atoms with Crippen molar-refractivity contribution in [3.05, 3.63) is 0 Å². The third-order valence-corrected chi connectivity index (χ3v) is 1.76. The van der Waals surface area contributed by atoms with Crippen LogP contribution >= 0.6 is 0 Å². The predicted molar refractivity (Wildman–Crippen MR) is 47.0 cm³/mol. The highest BCUT2D eigenvalue weighted by Gasteiger charge is 2.22. The van der Waals surface area contributed by atoms with Gasteiger partial charge in [0.15, 0.2) is 0 Å². The number of aliphatic hydroxyl groups excluding tert-OH is 3. The van der Waals surface area contributed by atoms with E-state index in [1.807, 2.05) is 0 Å². The van der Waals surface area contributed by atoms with Gasteiger partial charge in [-0.25, -0.2) is 0 Å². The fourth-order valence-electron chi connectivity index (χ4n) is 1.04. The minimum Gasteiger partial charge on any atom is -0.396 e. The van der Waals surface area contributed by atoms with Crippen LogP contribution in [0.15, 0.2) is 0 Å². The smallest absolute Gasteiger partial charge is 0.217 e. The molecule has 0 aliphatic carbocycles. The molecular weight excluding hydrogens is 174 g/mol. The summed E-state index contributed by atoms with van der Waals surface area (Å²) in [6, 6.07) is -0.515. The second-order valence-electron chi connectivity index (χ2n) is 3.06. The van der Waals surface area contributed by atoms with Crippen LogP contribution in [0.5, 0.6) is 0 Å². The molecule has 0 unspecified atom stereocenters. The standard InChI is InChI=1S/C8H17NO4/c1-5(9-6(2)11)8(13)7(12)3-4-10/h5,7-8,10,12-13H,3-4H2,1-2H3,(H,9,11)/t5-,7+,8+/m0/s1. The molecule has 0 aromatic rings. The fraction of sp³-hybridized carbons (Fsp3) is 0.875. The van der Waals surface area contributed by atoms with Gasteiger partial charge in [-0.15, -0.1) is 0 Å². The molecule has 0 aliphatic rings. The van der Waals surface area contributed by atoms with E-state index >= 15 is 0 Å². The number of carbonyl (C=O) groups is 1. The fourth-order valence-corrected chi connectivity index (χ4v) is 1.04. The van der Waals surface area contributed by atoms with Crippen molar-refractivity contribution < 1.29 is 20.1 Å². The first-order chi connectivity index (χ1) is 5.99. The second kappa shape index (κ2) is 5.90. The molecule has 0 rings (SSSR count). The van der Waals surface area contributed by atoms with Gasteiger partial charge in [-0.05, 0) is 13.3 Å². The first kappa shape index (κ1) is 12.3. The maximum Gasteiger partial charge on any atom is 0.217 e. The molecule has 13 heavy (non-hydrogen) atoms. The Kier molecular flexibility index (Phi) is 5.61. The summed E-state index contributed by atoms with van der Waals surface area (Å²) in [4.78, 5) is 10.6. The number of aliphatic hydroxyl groups is 3. The van der Waals surface area contributed by atoms with Gasteiger partial charge in [-0.3, -0.25) is 4.79 Å². The van der Waals surface area contributed by atoms with Gasteiger partial charge in [-0.2, -0.15) is 0 Å². The molecule has 0 fully saturated rings. The average molecular weight is 191 g/mol. The normalized spacial score (nSPS) is 17.6. The van der Waals surface area contributed by atoms with Crippen LogP contribution in [-0.2, 0) is 4.79 Å². The molecule has 0 saturated carbocycles. The zero-order valence-corrected chi connectivity index (χ0v) is 7.90. The first-order valence-corrected chi connectivity index (χ1v) is 4.23. The largest absolute Gasteiger partial charge is 0.396 e. The van der Waals surface area contributed by atoms with Gasteiger partial charge in [-0.1, -0.05) is 0 Å². The quantitative estimate of drug-likeness (QED) is 0.431. The molecule has 0 saturated heterocycles. The van der Waals surface area contributed by atoms with Crippen molar-refractivity contribution in [3.63, 3.8) is 0 Å². The molecule has 5 heteroatoms. The number of hydrogen-bond donors (Lipinski definition) is 4. The third-order valence-electron chi connectivity index (χ3n) is 1.76. The van der Waals surface area contributed by atoms with E-state index in [-0.39, 0.29) is 18.9 Å². The molecule has 0 radical (unpaired) electrons. The zero-order valence-electron chi connectivity index (χ0n) is 7.90.